The first-order chi connectivity index (χ1) is 7.49. The minimum atomic E-state index is -1.09. The van der Waals surface area contributed by atoms with Crippen molar-refractivity contribution in [2.24, 2.45) is 11.8 Å². The first kappa shape index (κ1) is 10.9. The van der Waals surface area contributed by atoms with Crippen LogP contribution in [0.1, 0.15) is 26.2 Å². The Bertz CT molecular complexity index is 410. The molecular weight excluding hydrogens is 210 g/mol. The molecule has 2 N–H and O–H groups in total. The van der Waals surface area contributed by atoms with Crippen molar-refractivity contribution in [2.75, 3.05) is 0 Å². The second kappa shape index (κ2) is 3.73. The fourth-order valence-electron chi connectivity index (χ4n) is 2.37. The molecule has 0 unspecified atom stereocenters. The van der Waals surface area contributed by atoms with Gasteiger partial charge in [0.15, 0.2) is 5.78 Å². The Morgan fingerprint density at radius 1 is 1.31 bits per heavy atom. The molecule has 0 radical (unpaired) electrons. The minimum absolute atomic E-state index is 0.131. The van der Waals surface area contributed by atoms with Crippen LogP contribution in [0.5, 0.6) is 0 Å². The van der Waals surface area contributed by atoms with E-state index in [-0.39, 0.29) is 24.0 Å². The van der Waals surface area contributed by atoms with Crippen LogP contribution in [0.4, 0.5) is 0 Å². The number of Topliss-reactive ketones (excluding diaryl/α,β-unsaturated/α-hetero) is 1. The molecule has 0 aromatic heterocycles. The molecule has 0 saturated heterocycles. The maximum atomic E-state index is 11.8. The highest BCUT2D eigenvalue weighted by molar-refractivity contribution is 6.05. The summed E-state index contributed by atoms with van der Waals surface area (Å²) in [6.07, 6.45) is 0.823. The standard InChI is InChI=1S/C11H13NO4/c1-5-2-7-10(8(13)3-5)6(11(15)16)4-9(14)12-7/h5-6H,2-4H2,1H3,(H,12,14)(H,15,16)/t5-,6-/m1/s1. The van der Waals surface area contributed by atoms with Gasteiger partial charge in [0.2, 0.25) is 5.91 Å². The van der Waals surface area contributed by atoms with Crippen LogP contribution in [-0.4, -0.2) is 22.8 Å². The third-order valence-corrected chi connectivity index (χ3v) is 3.04. The van der Waals surface area contributed by atoms with Crippen molar-refractivity contribution in [3.8, 4) is 0 Å². The number of carbonyl (C=O) groups excluding carboxylic acids is 2. The molecule has 1 aliphatic heterocycles. The number of carboxylic acids is 1. The van der Waals surface area contributed by atoms with Gasteiger partial charge in [-0.25, -0.2) is 0 Å². The topological polar surface area (TPSA) is 83.5 Å². The van der Waals surface area contributed by atoms with Crippen molar-refractivity contribution in [1.82, 2.24) is 5.32 Å². The van der Waals surface area contributed by atoms with E-state index in [2.05, 4.69) is 5.32 Å². The lowest BCUT2D eigenvalue weighted by atomic mass is 9.78. The quantitative estimate of drug-likeness (QED) is 0.676. The Morgan fingerprint density at radius 2 is 2.00 bits per heavy atom. The molecule has 0 aromatic rings. The summed E-state index contributed by atoms with van der Waals surface area (Å²) in [5.41, 5.74) is 0.831. The Kier molecular flexibility index (Phi) is 2.53. The minimum Gasteiger partial charge on any atom is -0.481 e. The second-order valence-corrected chi connectivity index (χ2v) is 4.47. The number of allylic oxidation sites excluding steroid dienone is 1. The largest absolute Gasteiger partial charge is 0.481 e. The number of rotatable bonds is 1. The summed E-state index contributed by atoms with van der Waals surface area (Å²) in [6.45, 7) is 1.91. The van der Waals surface area contributed by atoms with Gasteiger partial charge >= 0.3 is 5.97 Å². The third kappa shape index (κ3) is 1.73. The van der Waals surface area contributed by atoms with Gasteiger partial charge in [0.05, 0.1) is 5.92 Å². The molecule has 0 fully saturated rings. The Balaban J connectivity index is 2.43. The van der Waals surface area contributed by atoms with Crippen LogP contribution < -0.4 is 5.32 Å². The van der Waals surface area contributed by atoms with Gasteiger partial charge in [-0.3, -0.25) is 14.4 Å². The smallest absolute Gasteiger partial charge is 0.311 e. The predicted molar refractivity (Wildman–Crippen MR) is 54.3 cm³/mol. The summed E-state index contributed by atoms with van der Waals surface area (Å²) in [5.74, 6) is -2.33. The molecule has 1 heterocycles. The van der Waals surface area contributed by atoms with Gasteiger partial charge in [-0.15, -0.1) is 0 Å². The average Bonchev–Trinajstić information content (AvgIpc) is 2.14. The van der Waals surface area contributed by atoms with Gasteiger partial charge in [0, 0.05) is 24.1 Å². The summed E-state index contributed by atoms with van der Waals surface area (Å²) in [5, 5.41) is 11.6. The average molecular weight is 223 g/mol. The number of amides is 1. The Morgan fingerprint density at radius 3 is 2.62 bits per heavy atom. The van der Waals surface area contributed by atoms with E-state index in [9.17, 15) is 14.4 Å². The van der Waals surface area contributed by atoms with E-state index in [1.54, 1.807) is 0 Å². The van der Waals surface area contributed by atoms with Crippen LogP contribution >= 0.6 is 0 Å². The van der Waals surface area contributed by atoms with Crippen molar-refractivity contribution in [2.45, 2.75) is 26.2 Å². The Hall–Kier alpha value is -1.65. The van der Waals surface area contributed by atoms with Crippen LogP contribution in [0.3, 0.4) is 0 Å². The molecule has 0 saturated carbocycles. The Labute approximate surface area is 92.5 Å². The van der Waals surface area contributed by atoms with Crippen LogP contribution in [-0.2, 0) is 14.4 Å². The zero-order valence-corrected chi connectivity index (χ0v) is 8.95. The first-order valence-corrected chi connectivity index (χ1v) is 5.28. The highest BCUT2D eigenvalue weighted by atomic mass is 16.4. The maximum absolute atomic E-state index is 11.8. The number of ketones is 1. The van der Waals surface area contributed by atoms with Crippen molar-refractivity contribution >= 4 is 17.7 Å². The van der Waals surface area contributed by atoms with Gasteiger partial charge in [-0.2, -0.15) is 0 Å². The van der Waals surface area contributed by atoms with E-state index < -0.39 is 11.9 Å². The molecule has 0 spiro atoms. The highest BCUT2D eigenvalue weighted by Crippen LogP contribution is 2.33. The molecule has 5 nitrogen and oxygen atoms in total. The SMILES string of the molecule is C[C@H]1CC(=O)C2=C(C1)NC(=O)C[C@H]2C(=O)O. The molecule has 86 valence electrons. The lowest BCUT2D eigenvalue weighted by molar-refractivity contribution is -0.144. The fraction of sp³-hybridized carbons (Fsp3) is 0.545. The normalized spacial score (nSPS) is 29.8. The molecule has 2 rings (SSSR count). The van der Waals surface area contributed by atoms with Crippen LogP contribution in [0, 0.1) is 11.8 Å². The maximum Gasteiger partial charge on any atom is 0.311 e. The summed E-state index contributed by atoms with van der Waals surface area (Å²) in [4.78, 5) is 34.1. The second-order valence-electron chi connectivity index (χ2n) is 4.47. The van der Waals surface area contributed by atoms with Gasteiger partial charge < -0.3 is 10.4 Å². The fourth-order valence-corrected chi connectivity index (χ4v) is 2.37. The van der Waals surface area contributed by atoms with Crippen LogP contribution in [0.15, 0.2) is 11.3 Å². The van der Waals surface area contributed by atoms with E-state index in [1.165, 1.54) is 0 Å². The van der Waals surface area contributed by atoms with E-state index in [1.807, 2.05) is 6.92 Å². The number of aliphatic carboxylic acids is 1. The zero-order chi connectivity index (χ0) is 11.9. The van der Waals surface area contributed by atoms with Crippen molar-refractivity contribution in [1.29, 1.82) is 0 Å². The molecule has 16 heavy (non-hydrogen) atoms. The van der Waals surface area contributed by atoms with Gasteiger partial charge in [-0.1, -0.05) is 6.92 Å². The first-order valence-electron chi connectivity index (χ1n) is 5.28. The summed E-state index contributed by atoms with van der Waals surface area (Å²) < 4.78 is 0. The molecule has 0 bridgehead atoms. The number of hydrogen-bond donors (Lipinski definition) is 2. The number of hydrogen-bond acceptors (Lipinski definition) is 3. The van der Waals surface area contributed by atoms with Gasteiger partial charge in [0.1, 0.15) is 0 Å². The van der Waals surface area contributed by atoms with Crippen molar-refractivity contribution < 1.29 is 19.5 Å². The highest BCUT2D eigenvalue weighted by Gasteiger charge is 2.39. The summed E-state index contributed by atoms with van der Waals surface area (Å²) in [6, 6.07) is 0. The van der Waals surface area contributed by atoms with E-state index in [0.29, 0.717) is 24.1 Å². The van der Waals surface area contributed by atoms with Crippen LogP contribution in [0.2, 0.25) is 0 Å². The molecule has 2 atom stereocenters. The molecule has 1 aliphatic carbocycles. The number of carboxylic acid groups (broad SMARTS) is 1. The molecule has 2 aliphatic rings. The molecule has 0 aromatic carbocycles. The number of nitrogens with one attached hydrogen (secondary N) is 1. The number of carbonyl (C=O) groups is 3. The van der Waals surface area contributed by atoms with Gasteiger partial charge in [0.25, 0.3) is 0 Å². The lowest BCUT2D eigenvalue weighted by Crippen LogP contribution is -2.41. The summed E-state index contributed by atoms with van der Waals surface area (Å²) in [7, 11) is 0. The molecular formula is C11H13NO4. The van der Waals surface area contributed by atoms with E-state index in [4.69, 9.17) is 5.11 Å². The van der Waals surface area contributed by atoms with Crippen LogP contribution in [0.25, 0.3) is 0 Å². The zero-order valence-electron chi connectivity index (χ0n) is 8.95. The third-order valence-electron chi connectivity index (χ3n) is 3.04. The predicted octanol–water partition coefficient (Wildman–Crippen LogP) is 0.460. The van der Waals surface area contributed by atoms with Crippen molar-refractivity contribution in [3.63, 3.8) is 0 Å². The molecule has 5 heteroatoms. The van der Waals surface area contributed by atoms with E-state index >= 15 is 0 Å². The monoisotopic (exact) mass is 223 g/mol. The van der Waals surface area contributed by atoms with Crippen molar-refractivity contribution in [3.05, 3.63) is 11.3 Å². The summed E-state index contributed by atoms with van der Waals surface area (Å²) >= 11 is 0. The lowest BCUT2D eigenvalue weighted by Gasteiger charge is -2.31. The van der Waals surface area contributed by atoms with Gasteiger partial charge in [-0.05, 0) is 12.3 Å². The molecule has 1 amide bonds. The van der Waals surface area contributed by atoms with E-state index in [0.717, 1.165) is 0 Å².